The van der Waals surface area contributed by atoms with Crippen molar-refractivity contribution in [3.8, 4) is 0 Å². The molecule has 17 heavy (non-hydrogen) atoms. The summed E-state index contributed by atoms with van der Waals surface area (Å²) in [7, 11) is 0. The summed E-state index contributed by atoms with van der Waals surface area (Å²) in [6.07, 6.45) is 2.17. The summed E-state index contributed by atoms with van der Waals surface area (Å²) in [5, 5.41) is 3.44. The lowest BCUT2D eigenvalue weighted by Gasteiger charge is -2.07. The number of anilines is 1. The Hall–Kier alpha value is -1.76. The maximum absolute atomic E-state index is 3.44. The van der Waals surface area contributed by atoms with Crippen molar-refractivity contribution < 1.29 is 0 Å². The van der Waals surface area contributed by atoms with Crippen LogP contribution in [0, 0.1) is 0 Å². The molecular formula is C16H19N. The second kappa shape index (κ2) is 6.09. The summed E-state index contributed by atoms with van der Waals surface area (Å²) < 4.78 is 0. The van der Waals surface area contributed by atoms with Crippen LogP contribution < -0.4 is 5.32 Å². The first-order valence-corrected chi connectivity index (χ1v) is 6.25. The number of rotatable bonds is 5. The van der Waals surface area contributed by atoms with Gasteiger partial charge in [0.25, 0.3) is 0 Å². The molecule has 0 spiro atoms. The van der Waals surface area contributed by atoms with Gasteiger partial charge in [-0.05, 0) is 36.1 Å². The number of nitrogens with one attached hydrogen (secondary N) is 1. The van der Waals surface area contributed by atoms with Crippen molar-refractivity contribution in [2.24, 2.45) is 0 Å². The predicted octanol–water partition coefficient (Wildman–Crippen LogP) is 3.90. The lowest BCUT2D eigenvalue weighted by Crippen LogP contribution is -2.04. The van der Waals surface area contributed by atoms with Crippen LogP contribution in [-0.2, 0) is 12.8 Å². The Labute approximate surface area is 103 Å². The molecule has 88 valence electrons. The van der Waals surface area contributed by atoms with Gasteiger partial charge >= 0.3 is 0 Å². The molecule has 1 nitrogen and oxygen atoms in total. The van der Waals surface area contributed by atoms with Crippen LogP contribution in [0.2, 0.25) is 0 Å². The Morgan fingerprint density at radius 2 is 1.53 bits per heavy atom. The van der Waals surface area contributed by atoms with E-state index in [-0.39, 0.29) is 0 Å². The zero-order chi connectivity index (χ0) is 11.9. The Morgan fingerprint density at radius 1 is 0.824 bits per heavy atom. The highest BCUT2D eigenvalue weighted by Crippen LogP contribution is 2.10. The summed E-state index contributed by atoms with van der Waals surface area (Å²) in [6.45, 7) is 3.16. The lowest BCUT2D eigenvalue weighted by atomic mass is 10.1. The molecule has 0 saturated carbocycles. The number of hydrogen-bond donors (Lipinski definition) is 1. The van der Waals surface area contributed by atoms with Gasteiger partial charge in [0.05, 0.1) is 0 Å². The molecule has 1 N–H and O–H groups in total. The van der Waals surface area contributed by atoms with Crippen LogP contribution in [0.15, 0.2) is 54.6 Å². The zero-order valence-electron chi connectivity index (χ0n) is 10.3. The predicted molar refractivity (Wildman–Crippen MR) is 74.5 cm³/mol. The second-order valence-corrected chi connectivity index (χ2v) is 4.21. The zero-order valence-corrected chi connectivity index (χ0v) is 10.3. The van der Waals surface area contributed by atoms with Gasteiger partial charge < -0.3 is 5.32 Å². The molecule has 1 heteroatoms. The van der Waals surface area contributed by atoms with Crippen LogP contribution in [0.3, 0.4) is 0 Å². The van der Waals surface area contributed by atoms with Crippen molar-refractivity contribution in [1.82, 2.24) is 0 Å². The molecule has 0 aliphatic rings. The molecule has 0 atom stereocenters. The lowest BCUT2D eigenvalue weighted by molar-refractivity contribution is 1.02. The number of aryl methyl sites for hydroxylation is 1. The summed E-state index contributed by atoms with van der Waals surface area (Å²) in [5.74, 6) is 0. The highest BCUT2D eigenvalue weighted by molar-refractivity contribution is 5.44. The summed E-state index contributed by atoms with van der Waals surface area (Å²) in [5.41, 5.74) is 3.97. The number of hydrogen-bond acceptors (Lipinski definition) is 1. The van der Waals surface area contributed by atoms with E-state index in [9.17, 15) is 0 Å². The largest absolute Gasteiger partial charge is 0.385 e. The molecule has 0 aliphatic carbocycles. The SMILES string of the molecule is CCc1ccc(NCCc2ccccc2)cc1. The van der Waals surface area contributed by atoms with Crippen LogP contribution >= 0.6 is 0 Å². The molecule has 0 amide bonds. The van der Waals surface area contributed by atoms with E-state index in [1.165, 1.54) is 16.8 Å². The summed E-state index contributed by atoms with van der Waals surface area (Å²) >= 11 is 0. The van der Waals surface area contributed by atoms with Crippen LogP contribution in [0.1, 0.15) is 18.1 Å². The van der Waals surface area contributed by atoms with Crippen LogP contribution in [-0.4, -0.2) is 6.54 Å². The van der Waals surface area contributed by atoms with Gasteiger partial charge in [-0.3, -0.25) is 0 Å². The minimum Gasteiger partial charge on any atom is -0.385 e. The van der Waals surface area contributed by atoms with E-state index in [4.69, 9.17) is 0 Å². The van der Waals surface area contributed by atoms with Crippen molar-refractivity contribution in [2.75, 3.05) is 11.9 Å². The van der Waals surface area contributed by atoms with E-state index in [0.29, 0.717) is 0 Å². The van der Waals surface area contributed by atoms with Crippen LogP contribution in [0.25, 0.3) is 0 Å². The third-order valence-corrected chi connectivity index (χ3v) is 2.95. The molecule has 0 aromatic heterocycles. The average molecular weight is 225 g/mol. The molecule has 0 radical (unpaired) electrons. The Balaban J connectivity index is 1.82. The van der Waals surface area contributed by atoms with E-state index in [1.807, 2.05) is 0 Å². The topological polar surface area (TPSA) is 12.0 Å². The minimum absolute atomic E-state index is 0.982. The van der Waals surface area contributed by atoms with Crippen molar-refractivity contribution in [2.45, 2.75) is 19.8 Å². The highest BCUT2D eigenvalue weighted by atomic mass is 14.9. The first-order valence-electron chi connectivity index (χ1n) is 6.25. The van der Waals surface area contributed by atoms with Gasteiger partial charge in [-0.2, -0.15) is 0 Å². The average Bonchev–Trinajstić information content (AvgIpc) is 2.41. The molecule has 2 aromatic carbocycles. The van der Waals surface area contributed by atoms with Crippen LogP contribution in [0.4, 0.5) is 5.69 Å². The van der Waals surface area contributed by atoms with Gasteiger partial charge in [-0.25, -0.2) is 0 Å². The Bertz CT molecular complexity index is 431. The smallest absolute Gasteiger partial charge is 0.0340 e. The van der Waals surface area contributed by atoms with Gasteiger partial charge in [0.2, 0.25) is 0 Å². The Morgan fingerprint density at radius 3 is 2.18 bits per heavy atom. The quantitative estimate of drug-likeness (QED) is 0.813. The van der Waals surface area contributed by atoms with Gasteiger partial charge in [0.15, 0.2) is 0 Å². The van der Waals surface area contributed by atoms with E-state index >= 15 is 0 Å². The fourth-order valence-corrected chi connectivity index (χ4v) is 1.85. The third-order valence-electron chi connectivity index (χ3n) is 2.95. The third kappa shape index (κ3) is 3.63. The molecular weight excluding hydrogens is 206 g/mol. The first kappa shape index (κ1) is 11.7. The van der Waals surface area contributed by atoms with Crippen molar-refractivity contribution in [3.05, 3.63) is 65.7 Å². The van der Waals surface area contributed by atoms with E-state index < -0.39 is 0 Å². The molecule has 0 unspecified atom stereocenters. The highest BCUT2D eigenvalue weighted by Gasteiger charge is 1.94. The van der Waals surface area contributed by atoms with Gasteiger partial charge in [0.1, 0.15) is 0 Å². The van der Waals surface area contributed by atoms with Crippen molar-refractivity contribution in [1.29, 1.82) is 0 Å². The van der Waals surface area contributed by atoms with Crippen molar-refractivity contribution >= 4 is 5.69 Å². The van der Waals surface area contributed by atoms with Gasteiger partial charge in [0, 0.05) is 12.2 Å². The normalized spacial score (nSPS) is 10.2. The van der Waals surface area contributed by atoms with E-state index in [1.54, 1.807) is 0 Å². The van der Waals surface area contributed by atoms with Gasteiger partial charge in [-0.1, -0.05) is 49.4 Å². The maximum atomic E-state index is 3.44. The maximum Gasteiger partial charge on any atom is 0.0340 e. The molecule has 0 fully saturated rings. The summed E-state index contributed by atoms with van der Waals surface area (Å²) in [4.78, 5) is 0. The molecule has 0 bridgehead atoms. The van der Waals surface area contributed by atoms with E-state index in [0.717, 1.165) is 19.4 Å². The number of benzene rings is 2. The molecule has 0 heterocycles. The fourth-order valence-electron chi connectivity index (χ4n) is 1.85. The molecule has 0 aliphatic heterocycles. The second-order valence-electron chi connectivity index (χ2n) is 4.21. The van der Waals surface area contributed by atoms with Gasteiger partial charge in [-0.15, -0.1) is 0 Å². The first-order chi connectivity index (χ1) is 8.38. The fraction of sp³-hybridized carbons (Fsp3) is 0.250. The van der Waals surface area contributed by atoms with Crippen molar-refractivity contribution in [3.63, 3.8) is 0 Å². The summed E-state index contributed by atoms with van der Waals surface area (Å²) in [6, 6.07) is 19.3. The molecule has 2 aromatic rings. The van der Waals surface area contributed by atoms with E-state index in [2.05, 4.69) is 66.8 Å². The minimum atomic E-state index is 0.982. The molecule has 0 saturated heterocycles. The Kier molecular flexibility index (Phi) is 4.20. The monoisotopic (exact) mass is 225 g/mol. The standard InChI is InChI=1S/C16H19N/c1-2-14-8-10-16(11-9-14)17-13-12-15-6-4-3-5-7-15/h3-11,17H,2,12-13H2,1H3. The van der Waals surface area contributed by atoms with Crippen LogP contribution in [0.5, 0.6) is 0 Å². The molecule has 2 rings (SSSR count).